The van der Waals surface area contributed by atoms with Gasteiger partial charge in [0, 0.05) is 13.1 Å². The van der Waals surface area contributed by atoms with Crippen LogP contribution in [0.4, 0.5) is 0 Å². The molecule has 0 saturated carbocycles. The lowest BCUT2D eigenvalue weighted by Crippen LogP contribution is -2.43. The minimum absolute atomic E-state index is 0.127. The van der Waals surface area contributed by atoms with Crippen LogP contribution in [0.5, 0.6) is 0 Å². The molecule has 106 valence electrons. The lowest BCUT2D eigenvalue weighted by atomic mass is 10.1. The summed E-state index contributed by atoms with van der Waals surface area (Å²) in [5.41, 5.74) is 1.07. The molecule has 4 heteroatoms. The van der Waals surface area contributed by atoms with Gasteiger partial charge >= 0.3 is 0 Å². The van der Waals surface area contributed by atoms with Gasteiger partial charge in [0.15, 0.2) is 5.76 Å². The highest BCUT2D eigenvalue weighted by Gasteiger charge is 2.25. The number of benzene rings is 1. The number of allylic oxidation sites excluding steroid dienone is 2. The minimum atomic E-state index is -0.458. The van der Waals surface area contributed by atoms with Gasteiger partial charge in [-0.1, -0.05) is 42.5 Å². The minimum Gasteiger partial charge on any atom is -0.493 e. The van der Waals surface area contributed by atoms with Crippen LogP contribution >= 0.6 is 0 Å². The van der Waals surface area contributed by atoms with E-state index in [0.717, 1.165) is 12.1 Å². The summed E-state index contributed by atoms with van der Waals surface area (Å²) in [6.45, 7) is 1.86. The smallest absolute Gasteiger partial charge is 0.227 e. The Morgan fingerprint density at radius 2 is 2.20 bits per heavy atom. The van der Waals surface area contributed by atoms with Crippen LogP contribution in [-0.2, 0) is 14.3 Å². The Balaban J connectivity index is 2.01. The maximum absolute atomic E-state index is 12.2. The molecule has 0 amide bonds. The molecule has 0 bridgehead atoms. The number of ketones is 1. The molecule has 1 N–H and O–H groups in total. The first-order valence-corrected chi connectivity index (χ1v) is 6.65. The van der Waals surface area contributed by atoms with Gasteiger partial charge in [-0.25, -0.2) is 0 Å². The molecule has 1 aliphatic heterocycles. The van der Waals surface area contributed by atoms with Gasteiger partial charge in [0.1, 0.15) is 6.10 Å². The number of carbonyl (C=O) groups is 1. The van der Waals surface area contributed by atoms with Crippen molar-refractivity contribution in [3.63, 3.8) is 0 Å². The highest BCUT2D eigenvalue weighted by Crippen LogP contribution is 2.08. The van der Waals surface area contributed by atoms with E-state index in [1.54, 1.807) is 6.08 Å². The summed E-state index contributed by atoms with van der Waals surface area (Å²) in [6, 6.07) is 9.88. The molecule has 0 spiro atoms. The molecular formula is C16H19NO3. The van der Waals surface area contributed by atoms with Crippen LogP contribution in [0.2, 0.25) is 0 Å². The summed E-state index contributed by atoms with van der Waals surface area (Å²) in [7, 11) is 1.50. The fraction of sp³-hybridized carbons (Fsp3) is 0.312. The number of ether oxygens (including phenoxy) is 2. The summed E-state index contributed by atoms with van der Waals surface area (Å²) in [5.74, 6) is 0.184. The monoisotopic (exact) mass is 273 g/mol. The third kappa shape index (κ3) is 4.05. The molecule has 0 radical (unpaired) electrons. The van der Waals surface area contributed by atoms with Crippen LogP contribution in [0.3, 0.4) is 0 Å². The third-order valence-corrected chi connectivity index (χ3v) is 3.02. The van der Waals surface area contributed by atoms with Gasteiger partial charge in [0.2, 0.25) is 5.78 Å². The molecule has 1 heterocycles. The second kappa shape index (κ2) is 7.62. The Hall–Kier alpha value is -1.91. The van der Waals surface area contributed by atoms with E-state index in [1.807, 2.05) is 42.5 Å². The maximum Gasteiger partial charge on any atom is 0.227 e. The van der Waals surface area contributed by atoms with E-state index < -0.39 is 6.10 Å². The van der Waals surface area contributed by atoms with Crippen molar-refractivity contribution < 1.29 is 14.3 Å². The SMILES string of the molecule is CO/C(=C\C=C\c1ccccc1)C(=O)C1CNCCO1. The Bertz CT molecular complexity index is 488. The first-order valence-electron chi connectivity index (χ1n) is 6.65. The van der Waals surface area contributed by atoms with Crippen LogP contribution in [-0.4, -0.2) is 38.7 Å². The zero-order valence-corrected chi connectivity index (χ0v) is 11.5. The molecule has 1 aliphatic rings. The molecule has 1 fully saturated rings. The molecule has 0 aromatic heterocycles. The largest absolute Gasteiger partial charge is 0.493 e. The van der Waals surface area contributed by atoms with E-state index >= 15 is 0 Å². The number of Topliss-reactive ketones (excluding diaryl/α,β-unsaturated/α-hetero) is 1. The maximum atomic E-state index is 12.2. The molecule has 4 nitrogen and oxygen atoms in total. The molecule has 20 heavy (non-hydrogen) atoms. The van der Waals surface area contributed by atoms with Crippen LogP contribution in [0.15, 0.2) is 48.2 Å². The number of carbonyl (C=O) groups excluding carboxylic acids is 1. The number of hydrogen-bond acceptors (Lipinski definition) is 4. The van der Waals surface area contributed by atoms with Gasteiger partial charge in [0.05, 0.1) is 13.7 Å². The highest BCUT2D eigenvalue weighted by molar-refractivity contribution is 5.97. The lowest BCUT2D eigenvalue weighted by molar-refractivity contribution is -0.131. The van der Waals surface area contributed by atoms with Crippen LogP contribution in [0.1, 0.15) is 5.56 Å². The Kier molecular flexibility index (Phi) is 5.53. The standard InChI is InChI=1S/C16H19NO3/c1-19-14(16(18)15-12-17-10-11-20-15)9-5-8-13-6-3-2-4-7-13/h2-9,15,17H,10-12H2,1H3/b8-5+,14-9-. The summed E-state index contributed by atoms with van der Waals surface area (Å²) in [4.78, 5) is 12.2. The lowest BCUT2D eigenvalue weighted by Gasteiger charge is -2.22. The second-order valence-corrected chi connectivity index (χ2v) is 4.43. The fourth-order valence-corrected chi connectivity index (χ4v) is 1.95. The summed E-state index contributed by atoms with van der Waals surface area (Å²) in [5, 5.41) is 3.13. The fourth-order valence-electron chi connectivity index (χ4n) is 1.95. The Morgan fingerprint density at radius 3 is 2.85 bits per heavy atom. The molecule has 2 rings (SSSR count). The number of methoxy groups -OCH3 is 1. The summed E-state index contributed by atoms with van der Waals surface area (Å²) in [6.07, 6.45) is 4.95. The van der Waals surface area contributed by atoms with Gasteiger partial charge in [0.25, 0.3) is 0 Å². The van der Waals surface area contributed by atoms with Crippen LogP contribution in [0, 0.1) is 0 Å². The van der Waals surface area contributed by atoms with Crippen molar-refractivity contribution in [1.82, 2.24) is 5.32 Å². The van der Waals surface area contributed by atoms with E-state index in [-0.39, 0.29) is 5.78 Å². The van der Waals surface area contributed by atoms with Crippen molar-refractivity contribution in [2.45, 2.75) is 6.10 Å². The average Bonchev–Trinajstić information content (AvgIpc) is 2.53. The normalized spacial score (nSPS) is 20.1. The van der Waals surface area contributed by atoms with E-state index in [1.165, 1.54) is 7.11 Å². The number of nitrogens with one attached hydrogen (secondary N) is 1. The van der Waals surface area contributed by atoms with E-state index in [9.17, 15) is 4.79 Å². The highest BCUT2D eigenvalue weighted by atomic mass is 16.5. The van der Waals surface area contributed by atoms with E-state index in [4.69, 9.17) is 9.47 Å². The predicted octanol–water partition coefficient (Wildman–Crippen LogP) is 1.79. The number of rotatable bonds is 5. The molecule has 1 unspecified atom stereocenters. The van der Waals surface area contributed by atoms with Crippen LogP contribution < -0.4 is 5.32 Å². The van der Waals surface area contributed by atoms with Gasteiger partial charge in [-0.3, -0.25) is 4.79 Å². The van der Waals surface area contributed by atoms with Crippen molar-refractivity contribution in [2.75, 3.05) is 26.8 Å². The first-order chi connectivity index (χ1) is 9.81. The van der Waals surface area contributed by atoms with Gasteiger partial charge in [-0.05, 0) is 11.6 Å². The quantitative estimate of drug-likeness (QED) is 0.505. The van der Waals surface area contributed by atoms with Gasteiger partial charge < -0.3 is 14.8 Å². The van der Waals surface area contributed by atoms with E-state index in [2.05, 4.69) is 5.32 Å². The van der Waals surface area contributed by atoms with Crippen molar-refractivity contribution in [2.24, 2.45) is 0 Å². The summed E-state index contributed by atoms with van der Waals surface area (Å²) >= 11 is 0. The van der Waals surface area contributed by atoms with Crippen molar-refractivity contribution in [3.05, 3.63) is 53.8 Å². The van der Waals surface area contributed by atoms with Crippen molar-refractivity contribution in [1.29, 1.82) is 0 Å². The Morgan fingerprint density at radius 1 is 1.40 bits per heavy atom. The number of hydrogen-bond donors (Lipinski definition) is 1. The van der Waals surface area contributed by atoms with Crippen molar-refractivity contribution >= 4 is 11.9 Å². The molecule has 1 saturated heterocycles. The third-order valence-electron chi connectivity index (χ3n) is 3.02. The average molecular weight is 273 g/mol. The molecule has 0 aliphatic carbocycles. The van der Waals surface area contributed by atoms with Gasteiger partial charge in [-0.2, -0.15) is 0 Å². The zero-order chi connectivity index (χ0) is 14.2. The molecular weight excluding hydrogens is 254 g/mol. The first kappa shape index (κ1) is 14.5. The molecule has 1 aromatic carbocycles. The van der Waals surface area contributed by atoms with Crippen LogP contribution in [0.25, 0.3) is 6.08 Å². The predicted molar refractivity (Wildman–Crippen MR) is 78.2 cm³/mol. The zero-order valence-electron chi connectivity index (χ0n) is 11.5. The second-order valence-electron chi connectivity index (χ2n) is 4.43. The topological polar surface area (TPSA) is 47.6 Å². The van der Waals surface area contributed by atoms with Gasteiger partial charge in [-0.15, -0.1) is 0 Å². The number of morpholine rings is 1. The van der Waals surface area contributed by atoms with E-state index in [0.29, 0.717) is 18.9 Å². The Labute approximate surface area is 119 Å². The molecule has 1 atom stereocenters. The van der Waals surface area contributed by atoms with Crippen molar-refractivity contribution in [3.8, 4) is 0 Å². The molecule has 1 aromatic rings. The summed E-state index contributed by atoms with van der Waals surface area (Å²) < 4.78 is 10.6.